The Kier molecular flexibility index (Phi) is 10.2. The fourth-order valence-electron chi connectivity index (χ4n) is 2.53. The summed E-state index contributed by atoms with van der Waals surface area (Å²) in [5.41, 5.74) is 7.54. The van der Waals surface area contributed by atoms with Crippen LogP contribution in [0.25, 0.3) is 0 Å². The first kappa shape index (κ1) is 24.1. The van der Waals surface area contributed by atoms with Crippen molar-refractivity contribution in [3.8, 4) is 0 Å². The Labute approximate surface area is 176 Å². The number of carbonyl (C=O) groups is 2. The van der Waals surface area contributed by atoms with Crippen LogP contribution in [0.4, 0.5) is 0 Å². The molecule has 8 heteroatoms. The minimum absolute atomic E-state index is 0. The van der Waals surface area contributed by atoms with E-state index in [1.807, 2.05) is 61.0 Å². The standard InChI is InChI=1S/C20H27N3O3S.ClH/c1-14(2)19(21)20(26)22-10-18(25)23(11-15-6-4-3-5-7-15)12-17(24)16-8-9-27-13-16;/h3-9,13-14,17,19,24H,10-12,21H2,1-2H3,(H,22,26);1H/t17?,19-;/m0./s1. The van der Waals surface area contributed by atoms with Gasteiger partial charge in [-0.2, -0.15) is 11.3 Å². The molecule has 2 amide bonds. The van der Waals surface area contributed by atoms with Crippen LogP contribution in [0, 0.1) is 5.92 Å². The molecule has 0 radical (unpaired) electrons. The number of amides is 2. The third-order valence-corrected chi connectivity index (χ3v) is 5.03. The molecule has 1 aromatic carbocycles. The number of rotatable bonds is 9. The van der Waals surface area contributed by atoms with Crippen molar-refractivity contribution in [2.24, 2.45) is 11.7 Å². The summed E-state index contributed by atoms with van der Waals surface area (Å²) in [5.74, 6) is -0.630. The van der Waals surface area contributed by atoms with Gasteiger partial charge in [-0.3, -0.25) is 9.59 Å². The van der Waals surface area contributed by atoms with Crippen molar-refractivity contribution in [1.82, 2.24) is 10.2 Å². The van der Waals surface area contributed by atoms with E-state index in [0.717, 1.165) is 11.1 Å². The van der Waals surface area contributed by atoms with Gasteiger partial charge in [-0.05, 0) is 33.9 Å². The number of thiophene rings is 1. The predicted molar refractivity (Wildman–Crippen MR) is 114 cm³/mol. The van der Waals surface area contributed by atoms with Crippen LogP contribution in [0.2, 0.25) is 0 Å². The first-order valence-electron chi connectivity index (χ1n) is 8.93. The van der Waals surface area contributed by atoms with Gasteiger partial charge in [-0.15, -0.1) is 12.4 Å². The Morgan fingerprint density at radius 3 is 2.46 bits per heavy atom. The molecule has 0 bridgehead atoms. The number of aliphatic hydroxyl groups is 1. The molecule has 0 fully saturated rings. The van der Waals surface area contributed by atoms with Crippen molar-refractivity contribution in [1.29, 1.82) is 0 Å². The second-order valence-electron chi connectivity index (χ2n) is 6.82. The molecule has 2 atom stereocenters. The fourth-order valence-corrected chi connectivity index (χ4v) is 3.24. The predicted octanol–water partition coefficient (Wildman–Crippen LogP) is 2.33. The van der Waals surface area contributed by atoms with E-state index in [0.29, 0.717) is 6.54 Å². The molecular weight excluding hydrogens is 398 g/mol. The van der Waals surface area contributed by atoms with Gasteiger partial charge in [-0.25, -0.2) is 0 Å². The molecule has 6 nitrogen and oxygen atoms in total. The normalized spacial score (nSPS) is 12.8. The summed E-state index contributed by atoms with van der Waals surface area (Å²) >= 11 is 1.49. The van der Waals surface area contributed by atoms with E-state index in [1.54, 1.807) is 4.90 Å². The maximum absolute atomic E-state index is 12.7. The van der Waals surface area contributed by atoms with Gasteiger partial charge in [0.05, 0.1) is 25.2 Å². The highest BCUT2D eigenvalue weighted by molar-refractivity contribution is 7.07. The molecule has 4 N–H and O–H groups in total. The number of carbonyl (C=O) groups excluding carboxylic acids is 2. The highest BCUT2D eigenvalue weighted by atomic mass is 35.5. The van der Waals surface area contributed by atoms with Crippen molar-refractivity contribution < 1.29 is 14.7 Å². The van der Waals surface area contributed by atoms with Crippen LogP contribution in [-0.4, -0.2) is 41.0 Å². The number of hydrogen-bond donors (Lipinski definition) is 3. The van der Waals surface area contributed by atoms with E-state index in [1.165, 1.54) is 11.3 Å². The Morgan fingerprint density at radius 2 is 1.89 bits per heavy atom. The number of nitrogens with two attached hydrogens (primary N) is 1. The second-order valence-corrected chi connectivity index (χ2v) is 7.60. The molecule has 154 valence electrons. The van der Waals surface area contributed by atoms with E-state index in [4.69, 9.17) is 5.73 Å². The number of nitrogens with one attached hydrogen (secondary N) is 1. The Balaban J connectivity index is 0.00000392. The first-order chi connectivity index (χ1) is 12.9. The lowest BCUT2D eigenvalue weighted by atomic mass is 10.1. The molecule has 2 aromatic rings. The van der Waals surface area contributed by atoms with Gasteiger partial charge in [0.25, 0.3) is 0 Å². The van der Waals surface area contributed by atoms with Crippen molar-refractivity contribution >= 4 is 35.6 Å². The Hall–Kier alpha value is -1.93. The molecule has 1 heterocycles. The van der Waals surface area contributed by atoms with Crippen LogP contribution in [0.5, 0.6) is 0 Å². The SMILES string of the molecule is CC(C)[C@H](N)C(=O)NCC(=O)N(Cc1ccccc1)CC(O)c1ccsc1.Cl. The maximum Gasteiger partial charge on any atom is 0.242 e. The Morgan fingerprint density at radius 1 is 1.21 bits per heavy atom. The summed E-state index contributed by atoms with van der Waals surface area (Å²) in [5, 5.41) is 16.8. The number of aliphatic hydroxyl groups excluding tert-OH is 1. The van der Waals surface area contributed by atoms with Gasteiger partial charge >= 0.3 is 0 Å². The smallest absolute Gasteiger partial charge is 0.242 e. The zero-order valence-electron chi connectivity index (χ0n) is 16.1. The van der Waals surface area contributed by atoms with Gasteiger partial charge < -0.3 is 21.1 Å². The topological polar surface area (TPSA) is 95.7 Å². The lowest BCUT2D eigenvalue weighted by Crippen LogP contribution is -2.48. The third-order valence-electron chi connectivity index (χ3n) is 4.33. The number of nitrogens with zero attached hydrogens (tertiary/aromatic N) is 1. The molecule has 2 rings (SSSR count). The zero-order chi connectivity index (χ0) is 19.8. The van der Waals surface area contributed by atoms with Crippen LogP contribution in [0.1, 0.15) is 31.1 Å². The first-order valence-corrected chi connectivity index (χ1v) is 9.88. The highest BCUT2D eigenvalue weighted by Crippen LogP contribution is 2.18. The minimum Gasteiger partial charge on any atom is -0.387 e. The summed E-state index contributed by atoms with van der Waals surface area (Å²) < 4.78 is 0. The maximum atomic E-state index is 12.7. The van der Waals surface area contributed by atoms with Crippen molar-refractivity contribution in [2.45, 2.75) is 32.5 Å². The summed E-state index contributed by atoms with van der Waals surface area (Å²) in [4.78, 5) is 26.3. The average Bonchev–Trinajstić information content (AvgIpc) is 3.20. The molecular formula is C20H28ClN3O3S. The molecule has 0 aliphatic carbocycles. The second kappa shape index (κ2) is 11.8. The van der Waals surface area contributed by atoms with Crippen molar-refractivity contribution in [2.75, 3.05) is 13.1 Å². The van der Waals surface area contributed by atoms with E-state index < -0.39 is 12.1 Å². The zero-order valence-corrected chi connectivity index (χ0v) is 17.7. The largest absolute Gasteiger partial charge is 0.387 e. The summed E-state index contributed by atoms with van der Waals surface area (Å²) in [6.07, 6.45) is -0.780. The van der Waals surface area contributed by atoms with Crippen molar-refractivity contribution in [3.05, 3.63) is 58.3 Å². The molecule has 0 spiro atoms. The third kappa shape index (κ3) is 7.24. The van der Waals surface area contributed by atoms with Gasteiger partial charge in [-0.1, -0.05) is 44.2 Å². The number of halogens is 1. The lowest BCUT2D eigenvalue weighted by Gasteiger charge is -2.26. The molecule has 0 saturated heterocycles. The molecule has 0 saturated carbocycles. The van der Waals surface area contributed by atoms with E-state index in [2.05, 4.69) is 5.32 Å². The van der Waals surface area contributed by atoms with Gasteiger partial charge in [0.2, 0.25) is 11.8 Å². The Bertz CT molecular complexity index is 726. The lowest BCUT2D eigenvalue weighted by molar-refractivity contribution is -0.135. The summed E-state index contributed by atoms with van der Waals surface area (Å²) in [7, 11) is 0. The van der Waals surface area contributed by atoms with E-state index >= 15 is 0 Å². The quantitative estimate of drug-likeness (QED) is 0.574. The van der Waals surface area contributed by atoms with Gasteiger partial charge in [0, 0.05) is 6.54 Å². The monoisotopic (exact) mass is 425 g/mol. The van der Waals surface area contributed by atoms with Crippen LogP contribution < -0.4 is 11.1 Å². The van der Waals surface area contributed by atoms with E-state index in [9.17, 15) is 14.7 Å². The molecule has 1 unspecified atom stereocenters. The fraction of sp³-hybridized carbons (Fsp3) is 0.400. The van der Waals surface area contributed by atoms with Gasteiger partial charge in [0.15, 0.2) is 0 Å². The molecule has 1 aromatic heterocycles. The average molecular weight is 426 g/mol. The van der Waals surface area contributed by atoms with Crippen LogP contribution >= 0.6 is 23.7 Å². The van der Waals surface area contributed by atoms with E-state index in [-0.39, 0.29) is 43.2 Å². The highest BCUT2D eigenvalue weighted by Gasteiger charge is 2.22. The molecule has 0 aliphatic rings. The van der Waals surface area contributed by atoms with Crippen LogP contribution in [-0.2, 0) is 16.1 Å². The van der Waals surface area contributed by atoms with Crippen LogP contribution in [0.3, 0.4) is 0 Å². The summed E-state index contributed by atoms with van der Waals surface area (Å²) in [6, 6.07) is 10.7. The van der Waals surface area contributed by atoms with Gasteiger partial charge in [0.1, 0.15) is 0 Å². The molecule has 28 heavy (non-hydrogen) atoms. The summed E-state index contributed by atoms with van der Waals surface area (Å²) in [6.45, 7) is 4.06. The minimum atomic E-state index is -0.780. The van der Waals surface area contributed by atoms with Crippen molar-refractivity contribution in [3.63, 3.8) is 0 Å². The number of hydrogen-bond acceptors (Lipinski definition) is 5. The van der Waals surface area contributed by atoms with Crippen LogP contribution in [0.15, 0.2) is 47.2 Å². The number of benzene rings is 1. The molecule has 0 aliphatic heterocycles.